The van der Waals surface area contributed by atoms with E-state index in [-0.39, 0.29) is 0 Å². The first-order chi connectivity index (χ1) is 6.74. The summed E-state index contributed by atoms with van der Waals surface area (Å²) in [7, 11) is 1.95. The van der Waals surface area contributed by atoms with Crippen molar-refractivity contribution in [2.75, 3.05) is 7.05 Å². The number of para-hydroxylation sites is 1. The second-order valence-corrected chi connectivity index (χ2v) is 4.08. The van der Waals surface area contributed by atoms with Crippen LogP contribution in [0.2, 0.25) is 0 Å². The molecule has 0 fully saturated rings. The van der Waals surface area contributed by atoms with Crippen LogP contribution in [0.4, 0.5) is 0 Å². The molecule has 0 aliphatic rings. The lowest BCUT2D eigenvalue weighted by molar-refractivity contribution is 0.656. The van der Waals surface area contributed by atoms with Crippen molar-refractivity contribution in [2.24, 2.45) is 0 Å². The molecule has 0 radical (unpaired) electrons. The Kier molecular flexibility index (Phi) is 2.56. The Morgan fingerprint density at radius 2 is 2.29 bits per heavy atom. The lowest BCUT2D eigenvalue weighted by Gasteiger charge is -2.10. The van der Waals surface area contributed by atoms with Gasteiger partial charge in [0.05, 0.1) is 5.52 Å². The maximum atomic E-state index is 4.28. The number of aromatic amines is 1. The van der Waals surface area contributed by atoms with Crippen molar-refractivity contribution in [3.8, 4) is 0 Å². The van der Waals surface area contributed by atoms with E-state index in [1.54, 1.807) is 0 Å². The van der Waals surface area contributed by atoms with Gasteiger partial charge >= 0.3 is 0 Å². The minimum Gasteiger partial charge on any atom is -0.313 e. The number of rotatable bonds is 2. The highest BCUT2D eigenvalue weighted by atomic mass is 79.9. The van der Waals surface area contributed by atoms with Crippen LogP contribution in [0.1, 0.15) is 18.5 Å². The maximum Gasteiger partial charge on any atom is 0.108 e. The van der Waals surface area contributed by atoms with Gasteiger partial charge in [-0.1, -0.05) is 18.2 Å². The largest absolute Gasteiger partial charge is 0.313 e. The van der Waals surface area contributed by atoms with E-state index >= 15 is 0 Å². The highest BCUT2D eigenvalue weighted by molar-refractivity contribution is 9.10. The fourth-order valence-corrected chi connectivity index (χ4v) is 1.94. The molecule has 1 aromatic heterocycles. The Bertz CT molecular complexity index is 450. The summed E-state index contributed by atoms with van der Waals surface area (Å²) >= 11 is 3.43. The third-order valence-corrected chi connectivity index (χ3v) is 3.07. The van der Waals surface area contributed by atoms with Crippen molar-refractivity contribution in [1.82, 2.24) is 15.5 Å². The summed E-state index contributed by atoms with van der Waals surface area (Å²) in [5.41, 5.74) is 2.24. The standard InChI is InChI=1S/C10H12BrN3/c1-6(12-2)7-4-3-5-8-9(7)13-14-10(8)11/h3-6,12H,1-2H3,(H,13,14). The summed E-state index contributed by atoms with van der Waals surface area (Å²) in [5, 5.41) is 11.6. The number of halogens is 1. The molecule has 0 saturated heterocycles. The Morgan fingerprint density at radius 1 is 1.50 bits per heavy atom. The van der Waals surface area contributed by atoms with E-state index in [0.29, 0.717) is 6.04 Å². The Labute approximate surface area is 91.0 Å². The maximum absolute atomic E-state index is 4.28. The van der Waals surface area contributed by atoms with E-state index < -0.39 is 0 Å². The van der Waals surface area contributed by atoms with Gasteiger partial charge in [-0.25, -0.2) is 0 Å². The van der Waals surface area contributed by atoms with E-state index in [4.69, 9.17) is 0 Å². The molecule has 0 amide bonds. The number of hydrogen-bond acceptors (Lipinski definition) is 2. The van der Waals surface area contributed by atoms with Crippen LogP contribution in [0.5, 0.6) is 0 Å². The third-order valence-electron chi connectivity index (χ3n) is 2.47. The zero-order valence-electron chi connectivity index (χ0n) is 8.13. The highest BCUT2D eigenvalue weighted by Gasteiger charge is 2.10. The van der Waals surface area contributed by atoms with Gasteiger partial charge in [-0.15, -0.1) is 0 Å². The molecule has 2 rings (SSSR count). The summed E-state index contributed by atoms with van der Waals surface area (Å²) in [5.74, 6) is 0. The predicted octanol–water partition coefficient (Wildman–Crippen LogP) is 2.61. The first-order valence-electron chi connectivity index (χ1n) is 4.53. The van der Waals surface area contributed by atoms with Crippen molar-refractivity contribution >= 4 is 26.8 Å². The van der Waals surface area contributed by atoms with Crippen LogP contribution in [0.3, 0.4) is 0 Å². The first-order valence-corrected chi connectivity index (χ1v) is 5.33. The van der Waals surface area contributed by atoms with Gasteiger partial charge in [0, 0.05) is 11.4 Å². The normalized spacial score (nSPS) is 13.4. The molecule has 0 spiro atoms. The van der Waals surface area contributed by atoms with Crippen LogP contribution in [0.25, 0.3) is 10.9 Å². The Morgan fingerprint density at radius 3 is 3.00 bits per heavy atom. The zero-order valence-corrected chi connectivity index (χ0v) is 9.72. The fraction of sp³-hybridized carbons (Fsp3) is 0.300. The molecule has 0 bridgehead atoms. The van der Waals surface area contributed by atoms with E-state index in [2.05, 4.69) is 50.5 Å². The van der Waals surface area contributed by atoms with Gasteiger partial charge < -0.3 is 5.32 Å². The molecule has 1 unspecified atom stereocenters. The molecule has 0 aliphatic carbocycles. The predicted molar refractivity (Wildman–Crippen MR) is 61.3 cm³/mol. The average molecular weight is 254 g/mol. The number of fused-ring (bicyclic) bond motifs is 1. The van der Waals surface area contributed by atoms with E-state index in [0.717, 1.165) is 15.5 Å². The van der Waals surface area contributed by atoms with E-state index in [1.807, 2.05) is 13.1 Å². The number of H-pyrrole nitrogens is 1. The van der Waals surface area contributed by atoms with Crippen molar-refractivity contribution < 1.29 is 0 Å². The van der Waals surface area contributed by atoms with Gasteiger partial charge in [0.15, 0.2) is 0 Å². The van der Waals surface area contributed by atoms with Gasteiger partial charge in [-0.3, -0.25) is 5.10 Å². The zero-order chi connectivity index (χ0) is 10.1. The van der Waals surface area contributed by atoms with Gasteiger partial charge in [-0.05, 0) is 35.5 Å². The van der Waals surface area contributed by atoms with Gasteiger partial charge in [-0.2, -0.15) is 5.10 Å². The lowest BCUT2D eigenvalue weighted by atomic mass is 10.1. The molecule has 3 nitrogen and oxygen atoms in total. The molecule has 0 saturated carbocycles. The monoisotopic (exact) mass is 253 g/mol. The summed E-state index contributed by atoms with van der Waals surface area (Å²) in [6, 6.07) is 6.51. The molecular formula is C10H12BrN3. The van der Waals surface area contributed by atoms with Gasteiger partial charge in [0.1, 0.15) is 4.60 Å². The van der Waals surface area contributed by atoms with Crippen LogP contribution < -0.4 is 5.32 Å². The average Bonchev–Trinajstić information content (AvgIpc) is 2.59. The molecule has 2 aromatic rings. The second-order valence-electron chi connectivity index (χ2n) is 3.29. The topological polar surface area (TPSA) is 40.7 Å². The number of hydrogen-bond donors (Lipinski definition) is 2. The minimum absolute atomic E-state index is 0.314. The van der Waals surface area contributed by atoms with Crippen LogP contribution in [0, 0.1) is 0 Å². The summed E-state index contributed by atoms with van der Waals surface area (Å²) in [4.78, 5) is 0. The van der Waals surface area contributed by atoms with Crippen molar-refractivity contribution in [2.45, 2.75) is 13.0 Å². The fourth-order valence-electron chi connectivity index (χ4n) is 1.53. The third kappa shape index (κ3) is 1.44. The molecular weight excluding hydrogens is 242 g/mol. The summed E-state index contributed by atoms with van der Waals surface area (Å²) < 4.78 is 0.942. The molecule has 0 aliphatic heterocycles. The SMILES string of the molecule is CNC(C)c1cccc2c(Br)[nH]nc12. The Hall–Kier alpha value is -0.870. The number of aromatic nitrogens is 2. The van der Waals surface area contributed by atoms with Crippen molar-refractivity contribution in [3.05, 3.63) is 28.4 Å². The number of nitrogens with one attached hydrogen (secondary N) is 2. The minimum atomic E-state index is 0.314. The molecule has 2 N–H and O–H groups in total. The molecule has 4 heteroatoms. The van der Waals surface area contributed by atoms with Crippen molar-refractivity contribution in [3.63, 3.8) is 0 Å². The number of nitrogens with zero attached hydrogens (tertiary/aromatic N) is 1. The van der Waals surface area contributed by atoms with Gasteiger partial charge in [0.2, 0.25) is 0 Å². The van der Waals surface area contributed by atoms with Crippen molar-refractivity contribution in [1.29, 1.82) is 0 Å². The van der Waals surface area contributed by atoms with Crippen LogP contribution in [-0.4, -0.2) is 17.2 Å². The molecule has 74 valence electrons. The molecule has 1 aromatic carbocycles. The smallest absolute Gasteiger partial charge is 0.108 e. The molecule has 14 heavy (non-hydrogen) atoms. The lowest BCUT2D eigenvalue weighted by Crippen LogP contribution is -2.12. The van der Waals surface area contributed by atoms with Gasteiger partial charge in [0.25, 0.3) is 0 Å². The summed E-state index contributed by atoms with van der Waals surface area (Å²) in [6.07, 6.45) is 0. The first kappa shape index (κ1) is 9.68. The van der Waals surface area contributed by atoms with Crippen LogP contribution >= 0.6 is 15.9 Å². The second kappa shape index (κ2) is 3.71. The Balaban J connectivity index is 2.65. The number of benzene rings is 1. The van der Waals surface area contributed by atoms with E-state index in [1.165, 1.54) is 5.56 Å². The molecule has 1 atom stereocenters. The van der Waals surface area contributed by atoms with Crippen LogP contribution in [0.15, 0.2) is 22.8 Å². The molecule has 1 heterocycles. The van der Waals surface area contributed by atoms with Crippen LogP contribution in [-0.2, 0) is 0 Å². The summed E-state index contributed by atoms with van der Waals surface area (Å²) in [6.45, 7) is 2.12. The highest BCUT2D eigenvalue weighted by Crippen LogP contribution is 2.26. The van der Waals surface area contributed by atoms with E-state index in [9.17, 15) is 0 Å². The quantitative estimate of drug-likeness (QED) is 0.864.